The second-order valence-electron chi connectivity index (χ2n) is 5.16. The average molecular weight is 324 g/mol. The van der Waals surface area contributed by atoms with Crippen molar-refractivity contribution in [2.45, 2.75) is 52.5 Å². The van der Waals surface area contributed by atoms with Gasteiger partial charge in [0.15, 0.2) is 0 Å². The maximum atomic E-state index is 6.25. The number of halogens is 1. The first-order valence-corrected chi connectivity index (χ1v) is 8.74. The zero-order chi connectivity index (χ0) is 15.2. The summed E-state index contributed by atoms with van der Waals surface area (Å²) in [7, 11) is 0. The van der Waals surface area contributed by atoms with Gasteiger partial charge in [-0.1, -0.05) is 37.9 Å². The highest BCUT2D eigenvalue weighted by Crippen LogP contribution is 2.29. The summed E-state index contributed by atoms with van der Waals surface area (Å²) in [5.41, 5.74) is 0.925. The van der Waals surface area contributed by atoms with E-state index in [1.165, 1.54) is 4.88 Å². The minimum atomic E-state index is 0.286. The Hall–Kier alpha value is -1.13. The standard InChI is InChI=1S/C16H22ClN3S/c1-4-7-12(13-9-6-10-21-13)18-16-11(3)15(17)19-14(20-16)8-5-2/h6,9-10,12H,4-5,7-8H2,1-3H3,(H,18,19,20). The Bertz CT molecular complexity index is 569. The molecule has 2 aromatic rings. The topological polar surface area (TPSA) is 37.8 Å². The second kappa shape index (κ2) is 7.76. The van der Waals surface area contributed by atoms with Gasteiger partial charge in [0, 0.05) is 16.9 Å². The molecule has 0 aliphatic carbocycles. The Morgan fingerprint density at radius 2 is 2.10 bits per heavy atom. The number of nitrogens with one attached hydrogen (secondary N) is 1. The molecule has 1 N–H and O–H groups in total. The molecular weight excluding hydrogens is 302 g/mol. The maximum Gasteiger partial charge on any atom is 0.137 e. The van der Waals surface area contributed by atoms with E-state index in [0.717, 1.165) is 42.9 Å². The van der Waals surface area contributed by atoms with Crippen molar-refractivity contribution >= 4 is 28.8 Å². The molecule has 0 saturated carbocycles. The highest BCUT2D eigenvalue weighted by Gasteiger charge is 2.16. The van der Waals surface area contributed by atoms with Crippen molar-refractivity contribution in [2.75, 3.05) is 5.32 Å². The van der Waals surface area contributed by atoms with Crippen molar-refractivity contribution in [1.29, 1.82) is 0 Å². The number of thiophene rings is 1. The van der Waals surface area contributed by atoms with Crippen LogP contribution in [0.5, 0.6) is 0 Å². The average Bonchev–Trinajstić information content (AvgIpc) is 2.98. The Balaban J connectivity index is 2.27. The van der Waals surface area contributed by atoms with Gasteiger partial charge in [0.05, 0.1) is 6.04 Å². The van der Waals surface area contributed by atoms with Crippen molar-refractivity contribution < 1.29 is 0 Å². The fourth-order valence-corrected chi connectivity index (χ4v) is 3.24. The first kappa shape index (κ1) is 16.2. The molecule has 21 heavy (non-hydrogen) atoms. The molecule has 114 valence electrons. The van der Waals surface area contributed by atoms with Crippen LogP contribution in [0.25, 0.3) is 0 Å². The Labute approximate surface area is 135 Å². The lowest BCUT2D eigenvalue weighted by Crippen LogP contribution is -2.13. The molecular formula is C16H22ClN3S. The summed E-state index contributed by atoms with van der Waals surface area (Å²) in [5, 5.41) is 6.23. The molecule has 0 amide bonds. The lowest BCUT2D eigenvalue weighted by molar-refractivity contribution is 0.681. The van der Waals surface area contributed by atoms with E-state index in [4.69, 9.17) is 11.6 Å². The van der Waals surface area contributed by atoms with E-state index in [1.807, 2.05) is 6.92 Å². The molecule has 0 fully saturated rings. The summed E-state index contributed by atoms with van der Waals surface area (Å²) in [4.78, 5) is 10.3. The van der Waals surface area contributed by atoms with Crippen LogP contribution in [0.3, 0.4) is 0 Å². The molecule has 2 heterocycles. The number of hydrogen-bond donors (Lipinski definition) is 1. The molecule has 0 aliphatic rings. The molecule has 1 atom stereocenters. The summed E-state index contributed by atoms with van der Waals surface area (Å²) in [6.45, 7) is 6.29. The predicted octanol–water partition coefficient (Wildman–Crippen LogP) is 5.41. The highest BCUT2D eigenvalue weighted by molar-refractivity contribution is 7.10. The molecule has 0 saturated heterocycles. The van der Waals surface area contributed by atoms with E-state index in [2.05, 4.69) is 46.6 Å². The van der Waals surface area contributed by atoms with Crippen LogP contribution in [-0.4, -0.2) is 9.97 Å². The Morgan fingerprint density at radius 1 is 1.29 bits per heavy atom. The van der Waals surface area contributed by atoms with Crippen molar-refractivity contribution in [3.63, 3.8) is 0 Å². The number of aryl methyl sites for hydroxylation is 1. The minimum Gasteiger partial charge on any atom is -0.362 e. The number of rotatable bonds is 7. The molecule has 0 bridgehead atoms. The zero-order valence-corrected chi connectivity index (χ0v) is 14.4. The minimum absolute atomic E-state index is 0.286. The summed E-state index contributed by atoms with van der Waals surface area (Å²) in [6, 6.07) is 4.55. The van der Waals surface area contributed by atoms with E-state index >= 15 is 0 Å². The van der Waals surface area contributed by atoms with E-state index in [0.29, 0.717) is 5.15 Å². The van der Waals surface area contributed by atoms with Gasteiger partial charge in [-0.25, -0.2) is 9.97 Å². The molecule has 1 unspecified atom stereocenters. The first-order valence-electron chi connectivity index (χ1n) is 7.48. The van der Waals surface area contributed by atoms with E-state index in [-0.39, 0.29) is 6.04 Å². The molecule has 0 radical (unpaired) electrons. The third-order valence-corrected chi connectivity index (χ3v) is 4.74. The molecule has 0 spiro atoms. The van der Waals surface area contributed by atoms with Gasteiger partial charge in [0.1, 0.15) is 16.8 Å². The van der Waals surface area contributed by atoms with Gasteiger partial charge < -0.3 is 5.32 Å². The number of aromatic nitrogens is 2. The first-order chi connectivity index (χ1) is 10.2. The molecule has 3 nitrogen and oxygen atoms in total. The van der Waals surface area contributed by atoms with E-state index in [9.17, 15) is 0 Å². The summed E-state index contributed by atoms with van der Waals surface area (Å²) in [6.07, 6.45) is 4.06. The van der Waals surface area contributed by atoms with Crippen LogP contribution < -0.4 is 5.32 Å². The van der Waals surface area contributed by atoms with Gasteiger partial charge in [0.25, 0.3) is 0 Å². The third kappa shape index (κ3) is 4.17. The normalized spacial score (nSPS) is 12.4. The van der Waals surface area contributed by atoms with E-state index in [1.54, 1.807) is 11.3 Å². The summed E-state index contributed by atoms with van der Waals surface area (Å²) >= 11 is 8.03. The van der Waals surface area contributed by atoms with Crippen LogP contribution in [0.1, 0.15) is 55.4 Å². The number of anilines is 1. The predicted molar refractivity (Wildman–Crippen MR) is 91.4 cm³/mol. The largest absolute Gasteiger partial charge is 0.362 e. The zero-order valence-electron chi connectivity index (χ0n) is 12.8. The summed E-state index contributed by atoms with van der Waals surface area (Å²) in [5.74, 6) is 1.68. The fraction of sp³-hybridized carbons (Fsp3) is 0.500. The maximum absolute atomic E-state index is 6.25. The Morgan fingerprint density at radius 3 is 2.71 bits per heavy atom. The van der Waals surface area contributed by atoms with Crippen molar-refractivity contribution in [3.8, 4) is 0 Å². The molecule has 2 rings (SSSR count). The molecule has 5 heteroatoms. The molecule has 0 aliphatic heterocycles. The van der Waals surface area contributed by atoms with Crippen LogP contribution in [-0.2, 0) is 6.42 Å². The van der Waals surface area contributed by atoms with Crippen LogP contribution in [0, 0.1) is 6.92 Å². The van der Waals surface area contributed by atoms with Crippen molar-refractivity contribution in [1.82, 2.24) is 9.97 Å². The monoisotopic (exact) mass is 323 g/mol. The van der Waals surface area contributed by atoms with Gasteiger partial charge in [0.2, 0.25) is 0 Å². The van der Waals surface area contributed by atoms with Gasteiger partial charge in [-0.3, -0.25) is 0 Å². The van der Waals surface area contributed by atoms with Gasteiger partial charge in [-0.05, 0) is 31.2 Å². The molecule has 0 aromatic carbocycles. The number of nitrogens with zero attached hydrogens (tertiary/aromatic N) is 2. The quantitative estimate of drug-likeness (QED) is 0.693. The fourth-order valence-electron chi connectivity index (χ4n) is 2.24. The van der Waals surface area contributed by atoms with Crippen LogP contribution in [0.4, 0.5) is 5.82 Å². The SMILES string of the molecule is CCCc1nc(Cl)c(C)c(NC(CCC)c2cccs2)n1. The van der Waals surface area contributed by atoms with Crippen LogP contribution in [0.2, 0.25) is 5.15 Å². The smallest absolute Gasteiger partial charge is 0.137 e. The Kier molecular flexibility index (Phi) is 6.00. The van der Waals surface area contributed by atoms with Crippen LogP contribution >= 0.6 is 22.9 Å². The highest BCUT2D eigenvalue weighted by atomic mass is 35.5. The third-order valence-electron chi connectivity index (χ3n) is 3.38. The lowest BCUT2D eigenvalue weighted by atomic mass is 10.1. The number of hydrogen-bond acceptors (Lipinski definition) is 4. The van der Waals surface area contributed by atoms with Crippen molar-refractivity contribution in [3.05, 3.63) is 38.9 Å². The summed E-state index contributed by atoms with van der Waals surface area (Å²) < 4.78 is 0. The van der Waals surface area contributed by atoms with Gasteiger partial charge in [-0.15, -0.1) is 11.3 Å². The lowest BCUT2D eigenvalue weighted by Gasteiger charge is -2.19. The second-order valence-corrected chi connectivity index (χ2v) is 6.49. The van der Waals surface area contributed by atoms with Gasteiger partial charge in [-0.2, -0.15) is 0 Å². The van der Waals surface area contributed by atoms with Crippen molar-refractivity contribution in [2.24, 2.45) is 0 Å². The molecule has 2 aromatic heterocycles. The van der Waals surface area contributed by atoms with Gasteiger partial charge >= 0.3 is 0 Å². The van der Waals surface area contributed by atoms with E-state index < -0.39 is 0 Å². The van der Waals surface area contributed by atoms with Crippen LogP contribution in [0.15, 0.2) is 17.5 Å².